The van der Waals surface area contributed by atoms with E-state index in [1.165, 1.54) is 0 Å². The Bertz CT molecular complexity index is 382. The van der Waals surface area contributed by atoms with Gasteiger partial charge in [0, 0.05) is 13.1 Å². The van der Waals surface area contributed by atoms with Crippen LogP contribution >= 0.6 is 0 Å². The highest BCUT2D eigenvalue weighted by Gasteiger charge is 2.08. The summed E-state index contributed by atoms with van der Waals surface area (Å²) in [5, 5.41) is 15.5. The number of hydrogen-bond donors (Lipinski definition) is 3. The molecule has 0 aliphatic carbocycles. The Kier molecular flexibility index (Phi) is 6.18. The zero-order valence-corrected chi connectivity index (χ0v) is 10.8. The number of likely N-dealkylation sites (N-methyl/N-ethyl adjacent to an activating group) is 1. The molecule has 0 bridgehead atoms. The van der Waals surface area contributed by atoms with E-state index < -0.39 is 6.10 Å². The summed E-state index contributed by atoms with van der Waals surface area (Å²) in [5.74, 6) is 0.630. The largest absolute Gasteiger partial charge is 0.497 e. The molecule has 0 saturated carbocycles. The summed E-state index contributed by atoms with van der Waals surface area (Å²) in [6, 6.07) is 7.24. The van der Waals surface area contributed by atoms with Gasteiger partial charge in [0.2, 0.25) is 5.91 Å². The molecule has 1 aromatic rings. The van der Waals surface area contributed by atoms with E-state index in [0.29, 0.717) is 18.8 Å². The summed E-state index contributed by atoms with van der Waals surface area (Å²) in [7, 11) is 1.58. The van der Waals surface area contributed by atoms with Crippen LogP contribution in [0, 0.1) is 0 Å². The van der Waals surface area contributed by atoms with Crippen LogP contribution in [0.2, 0.25) is 0 Å². The Morgan fingerprint density at radius 3 is 2.94 bits per heavy atom. The van der Waals surface area contributed by atoms with Crippen molar-refractivity contribution in [2.75, 3.05) is 26.7 Å². The second-order valence-electron chi connectivity index (χ2n) is 3.88. The molecule has 0 heterocycles. The van der Waals surface area contributed by atoms with Gasteiger partial charge >= 0.3 is 0 Å². The molecule has 1 unspecified atom stereocenters. The average molecular weight is 252 g/mol. The van der Waals surface area contributed by atoms with Gasteiger partial charge in [0.25, 0.3) is 0 Å². The summed E-state index contributed by atoms with van der Waals surface area (Å²) >= 11 is 0. The second-order valence-corrected chi connectivity index (χ2v) is 3.88. The molecular formula is C13H20N2O3. The van der Waals surface area contributed by atoms with Crippen molar-refractivity contribution in [1.29, 1.82) is 0 Å². The number of carbonyl (C=O) groups excluding carboxylic acids is 1. The van der Waals surface area contributed by atoms with Gasteiger partial charge in [0.15, 0.2) is 0 Å². The molecule has 5 heteroatoms. The molecular weight excluding hydrogens is 232 g/mol. The standard InChI is InChI=1S/C13H20N2O3/c1-3-15-13(17)9-14-8-12(16)10-5-4-6-11(7-10)18-2/h4-7,12,14,16H,3,8-9H2,1-2H3,(H,15,17). The molecule has 0 spiro atoms. The average Bonchev–Trinajstić information content (AvgIpc) is 2.39. The van der Waals surface area contributed by atoms with Crippen molar-refractivity contribution in [1.82, 2.24) is 10.6 Å². The molecule has 0 fully saturated rings. The third-order valence-electron chi connectivity index (χ3n) is 2.48. The van der Waals surface area contributed by atoms with Crippen molar-refractivity contribution in [3.05, 3.63) is 29.8 Å². The Labute approximate surface area is 107 Å². The maximum atomic E-state index is 11.2. The lowest BCUT2D eigenvalue weighted by Gasteiger charge is -2.13. The van der Waals surface area contributed by atoms with Crippen molar-refractivity contribution in [2.24, 2.45) is 0 Å². The minimum absolute atomic E-state index is 0.0738. The molecule has 18 heavy (non-hydrogen) atoms. The lowest BCUT2D eigenvalue weighted by Crippen LogP contribution is -2.35. The number of ether oxygens (including phenoxy) is 1. The Morgan fingerprint density at radius 2 is 2.28 bits per heavy atom. The van der Waals surface area contributed by atoms with Gasteiger partial charge in [-0.15, -0.1) is 0 Å². The highest BCUT2D eigenvalue weighted by atomic mass is 16.5. The molecule has 1 rings (SSSR count). The molecule has 0 radical (unpaired) electrons. The number of aliphatic hydroxyl groups is 1. The zero-order valence-electron chi connectivity index (χ0n) is 10.8. The fraction of sp³-hybridized carbons (Fsp3) is 0.462. The van der Waals surface area contributed by atoms with Crippen LogP contribution in [0.5, 0.6) is 5.75 Å². The van der Waals surface area contributed by atoms with Crippen LogP contribution in [-0.2, 0) is 4.79 Å². The molecule has 1 aromatic carbocycles. The summed E-state index contributed by atoms with van der Waals surface area (Å²) in [4.78, 5) is 11.2. The van der Waals surface area contributed by atoms with E-state index in [2.05, 4.69) is 10.6 Å². The molecule has 5 nitrogen and oxygen atoms in total. The summed E-state index contributed by atoms with van der Waals surface area (Å²) in [6.45, 7) is 3.00. The highest BCUT2D eigenvalue weighted by Crippen LogP contribution is 2.18. The van der Waals surface area contributed by atoms with E-state index in [1.807, 2.05) is 25.1 Å². The van der Waals surface area contributed by atoms with Crippen LogP contribution in [0.15, 0.2) is 24.3 Å². The number of amides is 1. The molecule has 0 aliphatic rings. The Balaban J connectivity index is 2.40. The third kappa shape index (κ3) is 4.73. The van der Waals surface area contributed by atoms with Crippen molar-refractivity contribution in [3.8, 4) is 5.75 Å². The van der Waals surface area contributed by atoms with Gasteiger partial charge in [-0.2, -0.15) is 0 Å². The highest BCUT2D eigenvalue weighted by molar-refractivity contribution is 5.77. The lowest BCUT2D eigenvalue weighted by atomic mass is 10.1. The fourth-order valence-corrected chi connectivity index (χ4v) is 1.55. The number of methoxy groups -OCH3 is 1. The van der Waals surface area contributed by atoms with Gasteiger partial charge in [0.05, 0.1) is 19.8 Å². The van der Waals surface area contributed by atoms with E-state index in [0.717, 1.165) is 5.56 Å². The predicted octanol–water partition coefficient (Wildman–Crippen LogP) is 0.454. The maximum Gasteiger partial charge on any atom is 0.233 e. The van der Waals surface area contributed by atoms with Crippen molar-refractivity contribution in [2.45, 2.75) is 13.0 Å². The normalized spacial score (nSPS) is 11.9. The quantitative estimate of drug-likeness (QED) is 0.659. The van der Waals surface area contributed by atoms with Gasteiger partial charge in [-0.1, -0.05) is 12.1 Å². The molecule has 3 N–H and O–H groups in total. The topological polar surface area (TPSA) is 70.6 Å². The monoisotopic (exact) mass is 252 g/mol. The van der Waals surface area contributed by atoms with Gasteiger partial charge < -0.3 is 20.5 Å². The molecule has 100 valence electrons. The lowest BCUT2D eigenvalue weighted by molar-refractivity contribution is -0.120. The number of aliphatic hydroxyl groups excluding tert-OH is 1. The van der Waals surface area contributed by atoms with Crippen LogP contribution in [0.25, 0.3) is 0 Å². The first-order valence-corrected chi connectivity index (χ1v) is 5.96. The van der Waals surface area contributed by atoms with Crippen LogP contribution in [0.1, 0.15) is 18.6 Å². The third-order valence-corrected chi connectivity index (χ3v) is 2.48. The summed E-state index contributed by atoms with van der Waals surface area (Å²) < 4.78 is 5.08. The van der Waals surface area contributed by atoms with E-state index in [9.17, 15) is 9.90 Å². The van der Waals surface area contributed by atoms with Crippen LogP contribution in [0.4, 0.5) is 0 Å². The summed E-state index contributed by atoms with van der Waals surface area (Å²) in [5.41, 5.74) is 0.762. The molecule has 0 saturated heterocycles. The summed E-state index contributed by atoms with van der Waals surface area (Å²) in [6.07, 6.45) is -0.658. The number of rotatable bonds is 7. The Hall–Kier alpha value is -1.59. The molecule has 0 aliphatic heterocycles. The van der Waals surface area contributed by atoms with Crippen molar-refractivity contribution in [3.63, 3.8) is 0 Å². The van der Waals surface area contributed by atoms with Crippen LogP contribution in [0.3, 0.4) is 0 Å². The smallest absolute Gasteiger partial charge is 0.233 e. The van der Waals surface area contributed by atoms with Crippen LogP contribution < -0.4 is 15.4 Å². The van der Waals surface area contributed by atoms with Crippen molar-refractivity contribution < 1.29 is 14.6 Å². The molecule has 0 aromatic heterocycles. The Morgan fingerprint density at radius 1 is 1.50 bits per heavy atom. The zero-order chi connectivity index (χ0) is 13.4. The first kappa shape index (κ1) is 14.5. The van der Waals surface area contributed by atoms with E-state index in [-0.39, 0.29) is 12.5 Å². The SMILES string of the molecule is CCNC(=O)CNCC(O)c1cccc(OC)c1. The van der Waals surface area contributed by atoms with Crippen LogP contribution in [-0.4, -0.2) is 37.8 Å². The minimum atomic E-state index is -0.658. The minimum Gasteiger partial charge on any atom is -0.497 e. The predicted molar refractivity (Wildman–Crippen MR) is 69.5 cm³/mol. The molecule has 1 atom stereocenters. The second kappa shape index (κ2) is 7.68. The molecule has 1 amide bonds. The van der Waals surface area contributed by atoms with Gasteiger partial charge in [0.1, 0.15) is 5.75 Å². The van der Waals surface area contributed by atoms with E-state index in [4.69, 9.17) is 4.74 Å². The van der Waals surface area contributed by atoms with E-state index >= 15 is 0 Å². The van der Waals surface area contributed by atoms with Gasteiger partial charge in [-0.3, -0.25) is 4.79 Å². The number of nitrogens with one attached hydrogen (secondary N) is 2. The van der Waals surface area contributed by atoms with Gasteiger partial charge in [-0.05, 0) is 24.6 Å². The number of carbonyl (C=O) groups is 1. The first-order chi connectivity index (χ1) is 8.67. The maximum absolute atomic E-state index is 11.2. The fourth-order valence-electron chi connectivity index (χ4n) is 1.55. The van der Waals surface area contributed by atoms with Crippen molar-refractivity contribution >= 4 is 5.91 Å². The van der Waals surface area contributed by atoms with Gasteiger partial charge in [-0.25, -0.2) is 0 Å². The number of hydrogen-bond acceptors (Lipinski definition) is 4. The number of benzene rings is 1. The van der Waals surface area contributed by atoms with E-state index in [1.54, 1.807) is 13.2 Å². The first-order valence-electron chi connectivity index (χ1n) is 5.96.